The molecule has 7 unspecified atom stereocenters. The zero-order valence-corrected chi connectivity index (χ0v) is 21.9. The molecule has 0 spiro atoms. The van der Waals surface area contributed by atoms with Crippen molar-refractivity contribution in [3.8, 4) is 5.75 Å². The van der Waals surface area contributed by atoms with Crippen molar-refractivity contribution in [2.75, 3.05) is 20.3 Å². The number of aromatic nitrogens is 4. The van der Waals surface area contributed by atoms with Crippen molar-refractivity contribution in [3.05, 3.63) is 48.1 Å². The van der Waals surface area contributed by atoms with Crippen LogP contribution in [0.1, 0.15) is 19.4 Å². The molecule has 1 saturated heterocycles. The summed E-state index contributed by atoms with van der Waals surface area (Å²) in [7, 11) is -2.66. The van der Waals surface area contributed by atoms with Gasteiger partial charge in [-0.2, -0.15) is 5.09 Å². The molecule has 2 saturated carbocycles. The van der Waals surface area contributed by atoms with Crippen LogP contribution in [0.3, 0.4) is 0 Å². The van der Waals surface area contributed by atoms with Crippen LogP contribution in [0.25, 0.3) is 11.2 Å². The first kappa shape index (κ1) is 24.8. The fraction of sp³-hybridized carbons (Fsp3) is 0.500. The number of halogens is 1. The van der Waals surface area contributed by atoms with Gasteiger partial charge < -0.3 is 18.6 Å². The molecule has 2 aliphatic carbocycles. The van der Waals surface area contributed by atoms with Crippen molar-refractivity contribution < 1.29 is 27.9 Å². The number of rotatable bonds is 9. The number of esters is 1. The van der Waals surface area contributed by atoms with E-state index in [1.807, 2.05) is 10.6 Å². The highest BCUT2D eigenvalue weighted by Crippen LogP contribution is 2.62. The molecule has 3 aliphatic rings. The second kappa shape index (κ2) is 9.63. The van der Waals surface area contributed by atoms with Crippen LogP contribution in [0.2, 0.25) is 5.15 Å². The van der Waals surface area contributed by atoms with Crippen LogP contribution in [0.4, 0.5) is 0 Å². The molecule has 0 radical (unpaired) electrons. The van der Waals surface area contributed by atoms with E-state index in [9.17, 15) is 9.36 Å². The summed E-state index contributed by atoms with van der Waals surface area (Å²) in [6.07, 6.45) is 4.18. The van der Waals surface area contributed by atoms with E-state index in [4.69, 9.17) is 30.1 Å². The van der Waals surface area contributed by atoms with Gasteiger partial charge in [0.2, 0.25) is 0 Å². The van der Waals surface area contributed by atoms with Crippen LogP contribution < -0.4 is 9.61 Å². The van der Waals surface area contributed by atoms with E-state index >= 15 is 0 Å². The number of para-hydroxylation sites is 1. The zero-order valence-electron chi connectivity index (χ0n) is 20.3. The van der Waals surface area contributed by atoms with E-state index in [0.29, 0.717) is 34.6 Å². The lowest BCUT2D eigenvalue weighted by molar-refractivity contribution is -0.142. The number of benzene rings is 1. The molecule has 11 nitrogen and oxygen atoms in total. The maximum Gasteiger partial charge on any atom is 0.459 e. The Hall–Kier alpha value is -2.56. The highest BCUT2D eigenvalue weighted by atomic mass is 35.5. The number of carbonyl (C=O) groups excluding carboxylic acids is 1. The van der Waals surface area contributed by atoms with Gasteiger partial charge in [-0.3, -0.25) is 9.32 Å². The molecule has 8 atom stereocenters. The highest BCUT2D eigenvalue weighted by Gasteiger charge is 2.63. The smallest absolute Gasteiger partial charge is 0.459 e. The third kappa shape index (κ3) is 4.32. The Labute approximate surface area is 218 Å². The van der Waals surface area contributed by atoms with Crippen LogP contribution in [0.15, 0.2) is 43.0 Å². The number of nitrogens with zero attached hydrogens (tertiary/aromatic N) is 4. The molecule has 2 aromatic heterocycles. The normalized spacial score (nSPS) is 30.4. The van der Waals surface area contributed by atoms with E-state index < -0.39 is 19.8 Å². The van der Waals surface area contributed by atoms with Crippen molar-refractivity contribution in [3.63, 3.8) is 0 Å². The number of fused-ring (bicyclic) bond motifs is 2. The summed E-state index contributed by atoms with van der Waals surface area (Å²) < 4.78 is 38.8. The van der Waals surface area contributed by atoms with Gasteiger partial charge in [-0.05, 0) is 49.1 Å². The second-order valence-electron chi connectivity index (χ2n) is 9.74. The minimum atomic E-state index is -3.94. The van der Waals surface area contributed by atoms with Crippen molar-refractivity contribution in [1.82, 2.24) is 24.6 Å². The van der Waals surface area contributed by atoms with Gasteiger partial charge in [0.15, 0.2) is 10.8 Å². The summed E-state index contributed by atoms with van der Waals surface area (Å²) in [6.45, 7) is 2.33. The van der Waals surface area contributed by atoms with Gasteiger partial charge in [0.25, 0.3) is 0 Å². The fourth-order valence-corrected chi connectivity index (χ4v) is 7.98. The lowest BCUT2D eigenvalue weighted by Crippen LogP contribution is -2.38. The largest absolute Gasteiger partial charge is 0.468 e. The average molecular weight is 548 g/mol. The van der Waals surface area contributed by atoms with Gasteiger partial charge >= 0.3 is 13.7 Å². The summed E-state index contributed by atoms with van der Waals surface area (Å²) in [6, 6.07) is 7.82. The number of carbonyl (C=O) groups is 1. The van der Waals surface area contributed by atoms with E-state index in [1.165, 1.54) is 13.4 Å². The zero-order chi connectivity index (χ0) is 25.7. The van der Waals surface area contributed by atoms with Crippen LogP contribution >= 0.6 is 19.3 Å². The van der Waals surface area contributed by atoms with E-state index in [0.717, 1.165) is 6.42 Å². The molecule has 3 aromatic rings. The average Bonchev–Trinajstić information content (AvgIpc) is 3.63. The quantitative estimate of drug-likeness (QED) is 0.241. The predicted octanol–water partition coefficient (Wildman–Crippen LogP) is 3.66. The molecule has 3 heterocycles. The molecule has 196 valence electrons. The molecule has 0 amide bonds. The maximum absolute atomic E-state index is 13.9. The first-order valence-corrected chi connectivity index (χ1v) is 14.1. The van der Waals surface area contributed by atoms with Crippen molar-refractivity contribution >= 4 is 36.5 Å². The van der Waals surface area contributed by atoms with Crippen LogP contribution in [-0.2, 0) is 23.4 Å². The Morgan fingerprint density at radius 2 is 2.05 bits per heavy atom. The van der Waals surface area contributed by atoms with Crippen molar-refractivity contribution in [2.24, 2.45) is 23.7 Å². The van der Waals surface area contributed by atoms with Crippen molar-refractivity contribution in [2.45, 2.75) is 31.5 Å². The standard InChI is InChI=1S/C24H27ClN5O6P/c1-13(24(31)33-2)29-37(32,36-14-6-4-3-5-7-14)35-10-18-15-8-16-17(18)9-34-21(16)20(15)30-12-28-19-22(25)26-11-27-23(19)30/h3-7,11-13,15-18,20-21H,8-10H2,1-2H3,(H,29,32)/t13-,15?,16?,17?,18?,20?,21?,37?/m0/s1. The number of hydrogen-bond acceptors (Lipinski definition) is 9. The lowest BCUT2D eigenvalue weighted by Gasteiger charge is -2.34. The Morgan fingerprint density at radius 3 is 2.84 bits per heavy atom. The number of imidazole rings is 1. The first-order chi connectivity index (χ1) is 17.9. The maximum atomic E-state index is 13.9. The van der Waals surface area contributed by atoms with E-state index in [-0.39, 0.29) is 36.5 Å². The lowest BCUT2D eigenvalue weighted by atomic mass is 9.78. The van der Waals surface area contributed by atoms with Gasteiger partial charge in [-0.15, -0.1) is 0 Å². The minimum absolute atomic E-state index is 0.00954. The number of methoxy groups -OCH3 is 1. The molecule has 2 bridgehead atoms. The third-order valence-corrected chi connectivity index (χ3v) is 9.74. The summed E-state index contributed by atoms with van der Waals surface area (Å²) >= 11 is 6.24. The Balaban J connectivity index is 1.25. The second-order valence-corrected chi connectivity index (χ2v) is 11.8. The summed E-state index contributed by atoms with van der Waals surface area (Å²) in [4.78, 5) is 25.0. The van der Waals surface area contributed by atoms with Gasteiger partial charge in [0.05, 0.1) is 38.8 Å². The molecule has 6 rings (SSSR count). The predicted molar refractivity (Wildman–Crippen MR) is 133 cm³/mol. The van der Waals surface area contributed by atoms with Crippen LogP contribution in [-0.4, -0.2) is 58.0 Å². The van der Waals surface area contributed by atoms with Crippen LogP contribution in [0, 0.1) is 23.7 Å². The highest BCUT2D eigenvalue weighted by molar-refractivity contribution is 7.52. The number of ether oxygens (including phenoxy) is 2. The molecule has 1 aromatic carbocycles. The third-order valence-electron chi connectivity index (χ3n) is 7.82. The molecule has 37 heavy (non-hydrogen) atoms. The minimum Gasteiger partial charge on any atom is -0.468 e. The molecular weight excluding hydrogens is 521 g/mol. The van der Waals surface area contributed by atoms with Gasteiger partial charge in [-0.1, -0.05) is 29.8 Å². The van der Waals surface area contributed by atoms with Crippen molar-refractivity contribution in [1.29, 1.82) is 0 Å². The number of nitrogens with one attached hydrogen (secondary N) is 1. The Kier molecular flexibility index (Phi) is 6.45. The SMILES string of the molecule is COC(=O)[C@H](C)NP(=O)(OCC1C2COC3C2CC1C3n1cnc2c(Cl)ncnc21)Oc1ccccc1. The number of hydrogen-bond donors (Lipinski definition) is 1. The molecular formula is C24H27ClN5O6P. The van der Waals surface area contributed by atoms with Gasteiger partial charge in [-0.25, -0.2) is 19.5 Å². The van der Waals surface area contributed by atoms with Crippen LogP contribution in [0.5, 0.6) is 5.75 Å². The first-order valence-electron chi connectivity index (χ1n) is 12.2. The fourth-order valence-electron chi connectivity index (χ4n) is 6.27. The van der Waals surface area contributed by atoms with E-state index in [2.05, 4.69) is 20.0 Å². The Bertz CT molecular complexity index is 1360. The monoisotopic (exact) mass is 547 g/mol. The molecule has 3 fully saturated rings. The summed E-state index contributed by atoms with van der Waals surface area (Å²) in [5.74, 6) is 0.688. The summed E-state index contributed by atoms with van der Waals surface area (Å²) in [5.41, 5.74) is 1.21. The topological polar surface area (TPSA) is 127 Å². The van der Waals surface area contributed by atoms with E-state index in [1.54, 1.807) is 37.5 Å². The van der Waals surface area contributed by atoms with Gasteiger partial charge in [0.1, 0.15) is 23.6 Å². The molecule has 1 aliphatic heterocycles. The van der Waals surface area contributed by atoms with Gasteiger partial charge in [0, 0.05) is 0 Å². The molecule has 13 heteroatoms. The molecule has 1 N–H and O–H groups in total. The Morgan fingerprint density at radius 1 is 1.24 bits per heavy atom. The summed E-state index contributed by atoms with van der Waals surface area (Å²) in [5, 5.41) is 3.04.